The van der Waals surface area contributed by atoms with E-state index >= 15 is 0 Å². The van der Waals surface area contributed by atoms with Crippen molar-refractivity contribution in [1.82, 2.24) is 4.90 Å². The zero-order valence-electron chi connectivity index (χ0n) is 14.5. The van der Waals surface area contributed by atoms with Gasteiger partial charge in [0.1, 0.15) is 0 Å². The Kier molecular flexibility index (Phi) is 3.80. The van der Waals surface area contributed by atoms with Crippen molar-refractivity contribution in [2.24, 2.45) is 0 Å². The van der Waals surface area contributed by atoms with E-state index in [-0.39, 0.29) is 17.7 Å². The number of benzene rings is 2. The van der Waals surface area contributed by atoms with Crippen LogP contribution in [0, 0.1) is 0 Å². The maximum Gasteiger partial charge on any atom is 0.328 e. The van der Waals surface area contributed by atoms with Crippen LogP contribution in [0.5, 0.6) is 0 Å². The van der Waals surface area contributed by atoms with Crippen LogP contribution in [0.4, 0.5) is 5.69 Å². The molecule has 7 heteroatoms. The van der Waals surface area contributed by atoms with Crippen LogP contribution >= 0.6 is 0 Å². The lowest BCUT2D eigenvalue weighted by molar-refractivity contribution is -0.153. The van der Waals surface area contributed by atoms with E-state index in [0.717, 1.165) is 4.90 Å². The Morgan fingerprint density at radius 2 is 1.59 bits per heavy atom. The van der Waals surface area contributed by atoms with Gasteiger partial charge < -0.3 is 10.1 Å². The van der Waals surface area contributed by atoms with Crippen LogP contribution in [0.25, 0.3) is 0 Å². The van der Waals surface area contributed by atoms with E-state index in [9.17, 15) is 19.2 Å². The highest BCUT2D eigenvalue weighted by atomic mass is 16.5. The molecule has 1 atom stereocenters. The van der Waals surface area contributed by atoms with Crippen molar-refractivity contribution in [3.05, 3.63) is 65.2 Å². The summed E-state index contributed by atoms with van der Waals surface area (Å²) in [7, 11) is 0. The second kappa shape index (κ2) is 6.05. The molecular formula is C20H16N2O5. The van der Waals surface area contributed by atoms with Crippen LogP contribution in [0.1, 0.15) is 33.2 Å². The number of ether oxygens (including phenoxy) is 1. The van der Waals surface area contributed by atoms with Gasteiger partial charge in [-0.15, -0.1) is 0 Å². The van der Waals surface area contributed by atoms with Crippen molar-refractivity contribution < 1.29 is 23.9 Å². The van der Waals surface area contributed by atoms with Crippen LogP contribution in [-0.2, 0) is 19.7 Å². The molecule has 0 aromatic heterocycles. The minimum atomic E-state index is -1.79. The first kappa shape index (κ1) is 17.0. The van der Waals surface area contributed by atoms with Crippen molar-refractivity contribution in [2.75, 3.05) is 18.5 Å². The average Bonchev–Trinajstić information content (AvgIpc) is 3.09. The maximum absolute atomic E-state index is 12.9. The van der Waals surface area contributed by atoms with Gasteiger partial charge in [-0.3, -0.25) is 24.1 Å². The van der Waals surface area contributed by atoms with Crippen LogP contribution in [0.15, 0.2) is 48.5 Å². The lowest BCUT2D eigenvalue weighted by atomic mass is 9.81. The third-order valence-electron chi connectivity index (χ3n) is 4.92. The number of amides is 3. The number of anilines is 1. The van der Waals surface area contributed by atoms with Gasteiger partial charge in [0.2, 0.25) is 5.91 Å². The Bertz CT molecular complexity index is 964. The van der Waals surface area contributed by atoms with Crippen LogP contribution in [0.2, 0.25) is 0 Å². The van der Waals surface area contributed by atoms with E-state index in [1.54, 1.807) is 55.5 Å². The molecule has 0 aliphatic carbocycles. The predicted octanol–water partition coefficient (Wildman–Crippen LogP) is 1.74. The first-order valence-electron chi connectivity index (χ1n) is 8.54. The SMILES string of the molecule is CCOC(=O)[C@]1(CN2C(=O)c3ccccc3C2=O)C(=O)Nc2ccccc21. The summed E-state index contributed by atoms with van der Waals surface area (Å²) in [6.07, 6.45) is 0. The van der Waals surface area contributed by atoms with E-state index in [4.69, 9.17) is 4.74 Å². The molecule has 1 N–H and O–H groups in total. The highest BCUT2D eigenvalue weighted by Crippen LogP contribution is 2.41. The number of nitrogens with zero attached hydrogens (tertiary/aromatic N) is 1. The van der Waals surface area contributed by atoms with Gasteiger partial charge in [0.05, 0.1) is 24.3 Å². The van der Waals surface area contributed by atoms with Gasteiger partial charge in [-0.25, -0.2) is 0 Å². The zero-order chi connectivity index (χ0) is 19.2. The zero-order valence-corrected chi connectivity index (χ0v) is 14.5. The summed E-state index contributed by atoms with van der Waals surface area (Å²) in [6, 6.07) is 13.1. The lowest BCUT2D eigenvalue weighted by Gasteiger charge is -2.29. The molecule has 0 spiro atoms. The molecule has 136 valence electrons. The number of rotatable bonds is 4. The Morgan fingerprint density at radius 3 is 2.22 bits per heavy atom. The Morgan fingerprint density at radius 1 is 1.00 bits per heavy atom. The molecule has 2 aromatic rings. The molecule has 0 bridgehead atoms. The van der Waals surface area contributed by atoms with Crippen LogP contribution in [-0.4, -0.2) is 41.7 Å². The fraction of sp³-hybridized carbons (Fsp3) is 0.200. The van der Waals surface area contributed by atoms with Crippen LogP contribution < -0.4 is 5.32 Å². The molecule has 0 saturated heterocycles. The molecule has 2 aromatic carbocycles. The van der Waals surface area contributed by atoms with Crippen LogP contribution in [0.3, 0.4) is 0 Å². The monoisotopic (exact) mass is 364 g/mol. The summed E-state index contributed by atoms with van der Waals surface area (Å²) < 4.78 is 5.17. The first-order chi connectivity index (χ1) is 13.0. The lowest BCUT2D eigenvalue weighted by Crippen LogP contribution is -2.53. The number of carbonyl (C=O) groups is 4. The Balaban J connectivity index is 1.81. The minimum Gasteiger partial charge on any atom is -0.465 e. The van der Waals surface area contributed by atoms with E-state index in [0.29, 0.717) is 11.3 Å². The Hall–Kier alpha value is -3.48. The van der Waals surface area contributed by atoms with Crippen molar-refractivity contribution in [3.63, 3.8) is 0 Å². The van der Waals surface area contributed by atoms with Gasteiger partial charge in [-0.2, -0.15) is 0 Å². The fourth-order valence-electron chi connectivity index (χ4n) is 3.61. The standard InChI is InChI=1S/C20H16N2O5/c1-2-27-19(26)20(14-9-5-6-10-15(14)21-18(20)25)11-22-16(23)12-7-3-4-8-13(12)17(22)24/h3-10H,2,11H2,1H3,(H,21,25)/t20-/m0/s1. The van der Waals surface area contributed by atoms with Gasteiger partial charge in [0.25, 0.3) is 11.8 Å². The molecule has 3 amide bonds. The van der Waals surface area contributed by atoms with Gasteiger partial charge in [0, 0.05) is 11.3 Å². The molecule has 27 heavy (non-hydrogen) atoms. The first-order valence-corrected chi connectivity index (χ1v) is 8.54. The summed E-state index contributed by atoms with van der Waals surface area (Å²) in [5.74, 6) is -2.46. The third-order valence-corrected chi connectivity index (χ3v) is 4.92. The molecule has 0 radical (unpaired) electrons. The number of para-hydroxylation sites is 1. The largest absolute Gasteiger partial charge is 0.465 e. The normalized spacial score (nSPS) is 20.3. The summed E-state index contributed by atoms with van der Waals surface area (Å²) in [4.78, 5) is 52.2. The van der Waals surface area contributed by atoms with Gasteiger partial charge >= 0.3 is 5.97 Å². The van der Waals surface area contributed by atoms with E-state index in [2.05, 4.69) is 5.32 Å². The molecule has 4 rings (SSSR count). The smallest absolute Gasteiger partial charge is 0.328 e. The fourth-order valence-corrected chi connectivity index (χ4v) is 3.61. The van der Waals surface area contributed by atoms with E-state index in [1.807, 2.05) is 0 Å². The summed E-state index contributed by atoms with van der Waals surface area (Å²) >= 11 is 0. The van der Waals surface area contributed by atoms with E-state index < -0.39 is 35.7 Å². The maximum atomic E-state index is 12.9. The molecular weight excluding hydrogens is 348 g/mol. The van der Waals surface area contributed by atoms with Crippen molar-refractivity contribution >= 4 is 29.4 Å². The molecule has 0 saturated carbocycles. The Labute approximate surface area is 154 Å². The van der Waals surface area contributed by atoms with Gasteiger partial charge in [0.15, 0.2) is 5.41 Å². The molecule has 2 heterocycles. The second-order valence-corrected chi connectivity index (χ2v) is 6.37. The summed E-state index contributed by atoms with van der Waals surface area (Å²) in [6.45, 7) is 1.28. The van der Waals surface area contributed by atoms with Crippen molar-refractivity contribution in [3.8, 4) is 0 Å². The van der Waals surface area contributed by atoms with E-state index in [1.165, 1.54) is 0 Å². The van der Waals surface area contributed by atoms with Crippen molar-refractivity contribution in [1.29, 1.82) is 0 Å². The number of hydrogen-bond acceptors (Lipinski definition) is 5. The topological polar surface area (TPSA) is 92.8 Å². The molecule has 7 nitrogen and oxygen atoms in total. The number of nitrogens with one attached hydrogen (secondary N) is 1. The number of esters is 1. The summed E-state index contributed by atoms with van der Waals surface area (Å²) in [5.41, 5.74) is -0.418. The highest BCUT2D eigenvalue weighted by Gasteiger charge is 2.57. The average molecular weight is 364 g/mol. The highest BCUT2D eigenvalue weighted by molar-refractivity contribution is 6.24. The minimum absolute atomic E-state index is 0.0676. The van der Waals surface area contributed by atoms with Gasteiger partial charge in [-0.1, -0.05) is 30.3 Å². The quantitative estimate of drug-likeness (QED) is 0.507. The number of carbonyl (C=O) groups excluding carboxylic acids is 4. The number of fused-ring (bicyclic) bond motifs is 2. The molecule has 2 aliphatic heterocycles. The molecule has 0 unspecified atom stereocenters. The second-order valence-electron chi connectivity index (χ2n) is 6.37. The molecule has 2 aliphatic rings. The number of imide groups is 1. The van der Waals surface area contributed by atoms with Crippen molar-refractivity contribution in [2.45, 2.75) is 12.3 Å². The number of hydrogen-bond donors (Lipinski definition) is 1. The third kappa shape index (κ3) is 2.28. The van der Waals surface area contributed by atoms with Gasteiger partial charge in [-0.05, 0) is 25.1 Å². The predicted molar refractivity (Wildman–Crippen MR) is 95.2 cm³/mol. The molecule has 0 fully saturated rings. The summed E-state index contributed by atoms with van der Waals surface area (Å²) in [5, 5.41) is 2.66.